The predicted octanol–water partition coefficient (Wildman–Crippen LogP) is 17.1. The molecule has 0 bridgehead atoms. The summed E-state index contributed by atoms with van der Waals surface area (Å²) in [5.41, 5.74) is 23.6. The first-order chi connectivity index (χ1) is 32.5. The van der Waals surface area contributed by atoms with Crippen molar-refractivity contribution in [1.82, 2.24) is 0 Å². The molecule has 0 aliphatic carbocycles. The largest absolute Gasteiger partial charge is 0.165 e. The second kappa shape index (κ2) is 26.4. The van der Waals surface area contributed by atoms with Gasteiger partial charge in [0.1, 0.15) is 0 Å². The molecule has 7 rings (SSSR count). The number of hydrogen-bond donors (Lipinski definition) is 0. The van der Waals surface area contributed by atoms with Crippen LogP contribution in [-0.2, 0) is 38.5 Å². The van der Waals surface area contributed by atoms with E-state index in [0.717, 1.165) is 73.0 Å². The SMILES string of the molecule is CSCCc1ccc(-c2c(-c3ccc(CCSC)cc3)c(-c3ccc(CCSC)cc3)c(-c3ccc(CCSC)cc3)c(-c3ccc(CCSC)cc3)c2-c2ccc(CCSC)cc2)cc1. The lowest BCUT2D eigenvalue weighted by Gasteiger charge is -2.29. The summed E-state index contributed by atoms with van der Waals surface area (Å²) in [6.07, 6.45) is 19.6. The van der Waals surface area contributed by atoms with E-state index < -0.39 is 0 Å². The molecule has 0 saturated carbocycles. The van der Waals surface area contributed by atoms with Crippen molar-refractivity contribution in [2.24, 2.45) is 0 Å². The van der Waals surface area contributed by atoms with Gasteiger partial charge in [-0.1, -0.05) is 146 Å². The van der Waals surface area contributed by atoms with Crippen LogP contribution in [0.4, 0.5) is 0 Å². The van der Waals surface area contributed by atoms with Gasteiger partial charge in [-0.05, 0) is 211 Å². The topological polar surface area (TPSA) is 0 Å². The fourth-order valence-electron chi connectivity index (χ4n) is 8.83. The summed E-state index contributed by atoms with van der Waals surface area (Å²) >= 11 is 11.5. The van der Waals surface area contributed by atoms with Crippen LogP contribution in [0, 0.1) is 0 Å². The number of benzene rings is 7. The molecular weight excluding hydrogens is 913 g/mol. The van der Waals surface area contributed by atoms with Gasteiger partial charge in [0.25, 0.3) is 0 Å². The molecule has 342 valence electrons. The van der Waals surface area contributed by atoms with Crippen molar-refractivity contribution in [2.45, 2.75) is 38.5 Å². The Morgan fingerprint density at radius 3 is 0.424 bits per heavy atom. The summed E-state index contributed by atoms with van der Waals surface area (Å²) in [6, 6.07) is 57.7. The van der Waals surface area contributed by atoms with Crippen molar-refractivity contribution < 1.29 is 0 Å². The fourth-order valence-corrected chi connectivity index (χ4v) is 11.5. The lowest BCUT2D eigenvalue weighted by atomic mass is 9.73. The molecule has 0 atom stereocenters. The van der Waals surface area contributed by atoms with Gasteiger partial charge in [0.15, 0.2) is 0 Å². The van der Waals surface area contributed by atoms with Crippen LogP contribution in [0.15, 0.2) is 146 Å². The molecule has 0 saturated heterocycles. The summed E-state index contributed by atoms with van der Waals surface area (Å²) in [6.45, 7) is 0. The van der Waals surface area contributed by atoms with E-state index in [1.165, 1.54) is 100 Å². The van der Waals surface area contributed by atoms with Gasteiger partial charge in [-0.3, -0.25) is 0 Å². The van der Waals surface area contributed by atoms with Gasteiger partial charge < -0.3 is 0 Å². The summed E-state index contributed by atoms with van der Waals surface area (Å²) in [4.78, 5) is 0. The van der Waals surface area contributed by atoms with Crippen LogP contribution in [0.5, 0.6) is 0 Å². The van der Waals surface area contributed by atoms with E-state index in [0.29, 0.717) is 0 Å². The van der Waals surface area contributed by atoms with E-state index in [1.54, 1.807) is 0 Å². The maximum atomic E-state index is 2.42. The van der Waals surface area contributed by atoms with E-state index in [9.17, 15) is 0 Å². The summed E-state index contributed by atoms with van der Waals surface area (Å²) in [7, 11) is 0. The molecule has 0 amide bonds. The van der Waals surface area contributed by atoms with Crippen molar-refractivity contribution in [3.05, 3.63) is 179 Å². The fraction of sp³-hybridized carbons (Fsp3) is 0.300. The molecule has 0 N–H and O–H groups in total. The molecule has 0 aromatic heterocycles. The Labute approximate surface area is 423 Å². The number of hydrogen-bond acceptors (Lipinski definition) is 6. The van der Waals surface area contributed by atoms with Crippen LogP contribution in [-0.4, -0.2) is 72.1 Å². The molecule has 0 aliphatic rings. The van der Waals surface area contributed by atoms with Crippen molar-refractivity contribution in [1.29, 1.82) is 0 Å². The molecule has 0 aliphatic heterocycles. The zero-order valence-electron chi connectivity index (χ0n) is 39.8. The Bertz CT molecular complexity index is 2050. The van der Waals surface area contributed by atoms with Gasteiger partial charge in [0, 0.05) is 0 Å². The molecule has 7 aromatic carbocycles. The number of thioether (sulfide) groups is 6. The van der Waals surface area contributed by atoms with Gasteiger partial charge in [0.2, 0.25) is 0 Å². The van der Waals surface area contributed by atoms with Crippen LogP contribution in [0.2, 0.25) is 0 Å². The minimum Gasteiger partial charge on any atom is -0.165 e. The predicted molar refractivity (Wildman–Crippen MR) is 312 cm³/mol. The Kier molecular flexibility index (Phi) is 20.2. The van der Waals surface area contributed by atoms with Gasteiger partial charge in [-0.15, -0.1) is 0 Å². The molecule has 0 spiro atoms. The smallest absolute Gasteiger partial charge is 0.00139 e. The van der Waals surface area contributed by atoms with Crippen LogP contribution < -0.4 is 0 Å². The average molecular weight is 980 g/mol. The highest BCUT2D eigenvalue weighted by atomic mass is 32.2. The molecule has 7 aromatic rings. The third-order valence-electron chi connectivity index (χ3n) is 12.5. The highest BCUT2D eigenvalue weighted by molar-refractivity contribution is 7.99. The van der Waals surface area contributed by atoms with Crippen molar-refractivity contribution in [3.63, 3.8) is 0 Å². The molecule has 0 unspecified atom stereocenters. The van der Waals surface area contributed by atoms with E-state index in [2.05, 4.69) is 183 Å². The molecule has 0 heterocycles. The minimum atomic E-state index is 1.06. The normalized spacial score (nSPS) is 11.4. The standard InChI is InChI=1S/C60H66S6/c1-61-37-31-43-7-19-49(20-8-43)55-56(50-21-9-44(10-22-50)32-38-62-2)58(52-25-13-46(14-26-52)34-40-64-4)60(54-29-17-48(18-30-54)36-42-66-6)59(53-27-15-47(16-28-53)35-41-65-5)57(55)51-23-11-45(12-24-51)33-39-63-3/h7-30H,31-42H2,1-6H3. The first-order valence-electron chi connectivity index (χ1n) is 23.2. The maximum Gasteiger partial charge on any atom is -0.00139 e. The van der Waals surface area contributed by atoms with E-state index >= 15 is 0 Å². The monoisotopic (exact) mass is 978 g/mol. The first-order valence-corrected chi connectivity index (χ1v) is 31.6. The first kappa shape index (κ1) is 50.5. The second-order valence-corrected chi connectivity index (χ2v) is 22.8. The minimum absolute atomic E-state index is 1.06. The number of rotatable bonds is 24. The molecule has 0 radical (unpaired) electrons. The summed E-state index contributed by atoms with van der Waals surface area (Å²) < 4.78 is 0. The molecule has 0 nitrogen and oxygen atoms in total. The average Bonchev–Trinajstić information content (AvgIpc) is 3.37. The van der Waals surface area contributed by atoms with Crippen molar-refractivity contribution in [2.75, 3.05) is 72.1 Å². The quantitative estimate of drug-likeness (QED) is 0.0588. The van der Waals surface area contributed by atoms with E-state index in [1.807, 2.05) is 70.6 Å². The van der Waals surface area contributed by atoms with Crippen molar-refractivity contribution >= 4 is 70.6 Å². The molecule has 6 heteroatoms. The zero-order chi connectivity index (χ0) is 46.1. The van der Waals surface area contributed by atoms with Gasteiger partial charge in [0.05, 0.1) is 0 Å². The van der Waals surface area contributed by atoms with E-state index in [-0.39, 0.29) is 0 Å². The summed E-state index contributed by atoms with van der Waals surface area (Å²) in [5.74, 6) is 6.67. The number of aryl methyl sites for hydroxylation is 6. The Morgan fingerprint density at radius 2 is 0.318 bits per heavy atom. The Hall–Kier alpha value is -3.36. The maximum absolute atomic E-state index is 2.42. The Morgan fingerprint density at radius 1 is 0.197 bits per heavy atom. The Balaban J connectivity index is 1.68. The highest BCUT2D eigenvalue weighted by Gasteiger charge is 2.29. The van der Waals surface area contributed by atoms with E-state index in [4.69, 9.17) is 0 Å². The van der Waals surface area contributed by atoms with Gasteiger partial charge >= 0.3 is 0 Å². The second-order valence-electron chi connectivity index (χ2n) is 16.9. The molecule has 0 fully saturated rings. The third-order valence-corrected chi connectivity index (χ3v) is 16.2. The van der Waals surface area contributed by atoms with Crippen LogP contribution in [0.25, 0.3) is 66.8 Å². The molecular formula is C60H66S6. The lowest BCUT2D eigenvalue weighted by molar-refractivity contribution is 1.16. The van der Waals surface area contributed by atoms with Crippen molar-refractivity contribution in [3.8, 4) is 66.8 Å². The van der Waals surface area contributed by atoms with Crippen LogP contribution >= 0.6 is 70.6 Å². The zero-order valence-corrected chi connectivity index (χ0v) is 44.7. The van der Waals surface area contributed by atoms with Crippen LogP contribution in [0.3, 0.4) is 0 Å². The lowest BCUT2D eigenvalue weighted by Crippen LogP contribution is -2.03. The third kappa shape index (κ3) is 13.0. The van der Waals surface area contributed by atoms with Crippen LogP contribution in [0.1, 0.15) is 33.4 Å². The summed E-state index contributed by atoms with van der Waals surface area (Å²) in [5, 5.41) is 0. The van der Waals surface area contributed by atoms with Gasteiger partial charge in [-0.2, -0.15) is 70.6 Å². The highest BCUT2D eigenvalue weighted by Crippen LogP contribution is 2.56. The van der Waals surface area contributed by atoms with Gasteiger partial charge in [-0.25, -0.2) is 0 Å². The molecule has 66 heavy (non-hydrogen) atoms.